The van der Waals surface area contributed by atoms with Crippen LogP contribution >= 0.6 is 15.9 Å². The summed E-state index contributed by atoms with van der Waals surface area (Å²) >= 11 is 3.37. The van der Waals surface area contributed by atoms with Gasteiger partial charge in [0.1, 0.15) is 0 Å². The molecule has 0 fully saturated rings. The first-order valence-corrected chi connectivity index (χ1v) is 6.74. The van der Waals surface area contributed by atoms with Crippen LogP contribution in [-0.2, 0) is 0 Å². The van der Waals surface area contributed by atoms with Gasteiger partial charge in [-0.05, 0) is 43.3 Å². The summed E-state index contributed by atoms with van der Waals surface area (Å²) in [4.78, 5) is 4.32. The Bertz CT molecular complexity index is 579. The molecular formula is C15H14BrNO2. The normalized spacial score (nSPS) is 10.8. The first kappa shape index (κ1) is 13.6. The molecule has 2 aromatic rings. The van der Waals surface area contributed by atoms with E-state index < -0.39 is 0 Å². The van der Waals surface area contributed by atoms with Gasteiger partial charge in [-0.2, -0.15) is 0 Å². The van der Waals surface area contributed by atoms with Gasteiger partial charge in [0.05, 0.1) is 12.3 Å². The number of para-hydroxylation sites is 1. The first-order chi connectivity index (χ1) is 9.20. The second-order valence-corrected chi connectivity index (χ2v) is 4.78. The number of ether oxygens (including phenoxy) is 1. The topological polar surface area (TPSA) is 41.8 Å². The van der Waals surface area contributed by atoms with Crippen LogP contribution in [0, 0.1) is 0 Å². The number of phenols is 1. The molecule has 0 unspecified atom stereocenters. The number of benzene rings is 2. The van der Waals surface area contributed by atoms with Crippen LogP contribution in [0.2, 0.25) is 0 Å². The van der Waals surface area contributed by atoms with Crippen LogP contribution in [-0.4, -0.2) is 17.9 Å². The SMILES string of the molecule is CCOc1cccc(C=Nc2ccc(Br)cc2)c1O. The number of aromatic hydroxyl groups is 1. The maximum Gasteiger partial charge on any atom is 0.166 e. The standard InChI is InChI=1S/C15H14BrNO2/c1-2-19-14-5-3-4-11(15(14)18)10-17-13-8-6-12(16)7-9-13/h3-10,18H,2H2,1H3. The van der Waals surface area contributed by atoms with Gasteiger partial charge in [0.15, 0.2) is 11.5 Å². The maximum absolute atomic E-state index is 10.0. The second kappa shape index (κ2) is 6.38. The summed E-state index contributed by atoms with van der Waals surface area (Å²) < 4.78 is 6.33. The van der Waals surface area contributed by atoms with E-state index in [0.717, 1.165) is 10.2 Å². The Hall–Kier alpha value is -1.81. The predicted molar refractivity (Wildman–Crippen MR) is 80.7 cm³/mol. The van der Waals surface area contributed by atoms with E-state index in [2.05, 4.69) is 20.9 Å². The van der Waals surface area contributed by atoms with Crippen LogP contribution in [0.5, 0.6) is 11.5 Å². The Balaban J connectivity index is 2.23. The molecule has 19 heavy (non-hydrogen) atoms. The number of phenolic OH excluding ortho intramolecular Hbond substituents is 1. The third-order valence-electron chi connectivity index (χ3n) is 2.51. The average molecular weight is 320 g/mol. The van der Waals surface area contributed by atoms with Crippen molar-refractivity contribution in [3.05, 3.63) is 52.5 Å². The molecule has 1 N–H and O–H groups in total. The Labute approximate surface area is 120 Å². The number of aliphatic imine (C=N–C) groups is 1. The van der Waals surface area contributed by atoms with E-state index in [4.69, 9.17) is 4.74 Å². The molecule has 0 aliphatic carbocycles. The summed E-state index contributed by atoms with van der Waals surface area (Å²) in [6, 6.07) is 13.0. The molecule has 98 valence electrons. The zero-order valence-electron chi connectivity index (χ0n) is 10.5. The summed E-state index contributed by atoms with van der Waals surface area (Å²) in [5.41, 5.74) is 1.46. The minimum absolute atomic E-state index is 0.116. The van der Waals surface area contributed by atoms with Crippen LogP contribution < -0.4 is 4.74 Å². The largest absolute Gasteiger partial charge is 0.504 e. The first-order valence-electron chi connectivity index (χ1n) is 5.95. The molecular weight excluding hydrogens is 306 g/mol. The zero-order valence-corrected chi connectivity index (χ0v) is 12.1. The quantitative estimate of drug-likeness (QED) is 0.853. The summed E-state index contributed by atoms with van der Waals surface area (Å²) in [5.74, 6) is 0.590. The number of rotatable bonds is 4. The third kappa shape index (κ3) is 3.58. The average Bonchev–Trinajstić information content (AvgIpc) is 2.42. The summed E-state index contributed by atoms with van der Waals surface area (Å²) in [6.07, 6.45) is 1.63. The molecule has 0 bridgehead atoms. The van der Waals surface area contributed by atoms with Crippen LogP contribution in [0.4, 0.5) is 5.69 Å². The van der Waals surface area contributed by atoms with Gasteiger partial charge in [0.25, 0.3) is 0 Å². The Morgan fingerprint density at radius 2 is 1.95 bits per heavy atom. The zero-order chi connectivity index (χ0) is 13.7. The van der Waals surface area contributed by atoms with Gasteiger partial charge < -0.3 is 9.84 Å². The number of hydrogen-bond acceptors (Lipinski definition) is 3. The minimum Gasteiger partial charge on any atom is -0.504 e. The molecule has 0 atom stereocenters. The van der Waals surface area contributed by atoms with E-state index in [9.17, 15) is 5.11 Å². The summed E-state index contributed by atoms with van der Waals surface area (Å²) in [5, 5.41) is 10.0. The molecule has 0 heterocycles. The highest BCUT2D eigenvalue weighted by Crippen LogP contribution is 2.29. The van der Waals surface area contributed by atoms with Crippen molar-refractivity contribution in [2.24, 2.45) is 4.99 Å². The van der Waals surface area contributed by atoms with Crippen molar-refractivity contribution in [3.63, 3.8) is 0 Å². The van der Waals surface area contributed by atoms with Crippen LogP contribution in [0.15, 0.2) is 51.9 Å². The number of nitrogens with zero attached hydrogens (tertiary/aromatic N) is 1. The Kier molecular flexibility index (Phi) is 4.58. The van der Waals surface area contributed by atoms with Crippen LogP contribution in [0.1, 0.15) is 12.5 Å². The Morgan fingerprint density at radius 3 is 2.63 bits per heavy atom. The van der Waals surface area contributed by atoms with Crippen molar-refractivity contribution in [3.8, 4) is 11.5 Å². The molecule has 3 nitrogen and oxygen atoms in total. The lowest BCUT2D eigenvalue weighted by Crippen LogP contribution is -1.93. The predicted octanol–water partition coefficient (Wildman–Crippen LogP) is 4.30. The minimum atomic E-state index is 0.116. The lowest BCUT2D eigenvalue weighted by Gasteiger charge is -2.07. The summed E-state index contributed by atoms with van der Waals surface area (Å²) in [7, 11) is 0. The van der Waals surface area contributed by atoms with E-state index in [1.807, 2.05) is 37.3 Å². The van der Waals surface area contributed by atoms with Gasteiger partial charge in [-0.1, -0.05) is 22.0 Å². The van der Waals surface area contributed by atoms with Gasteiger partial charge in [-0.3, -0.25) is 4.99 Å². The highest BCUT2D eigenvalue weighted by Gasteiger charge is 2.05. The fourth-order valence-electron chi connectivity index (χ4n) is 1.59. The fraction of sp³-hybridized carbons (Fsp3) is 0.133. The van der Waals surface area contributed by atoms with Crippen molar-refractivity contribution >= 4 is 27.8 Å². The number of halogens is 1. The van der Waals surface area contributed by atoms with Gasteiger partial charge in [-0.25, -0.2) is 0 Å². The molecule has 2 aromatic carbocycles. The molecule has 0 saturated heterocycles. The Morgan fingerprint density at radius 1 is 1.21 bits per heavy atom. The molecule has 0 spiro atoms. The highest BCUT2D eigenvalue weighted by molar-refractivity contribution is 9.10. The van der Waals surface area contributed by atoms with E-state index in [0.29, 0.717) is 17.9 Å². The molecule has 0 aromatic heterocycles. The lowest BCUT2D eigenvalue weighted by atomic mass is 10.2. The molecule has 2 rings (SSSR count). The van der Waals surface area contributed by atoms with E-state index >= 15 is 0 Å². The van der Waals surface area contributed by atoms with E-state index in [-0.39, 0.29) is 5.75 Å². The van der Waals surface area contributed by atoms with Crippen molar-refractivity contribution in [1.82, 2.24) is 0 Å². The van der Waals surface area contributed by atoms with E-state index in [1.54, 1.807) is 18.3 Å². The van der Waals surface area contributed by atoms with Crippen LogP contribution in [0.3, 0.4) is 0 Å². The van der Waals surface area contributed by atoms with Crippen molar-refractivity contribution in [2.45, 2.75) is 6.92 Å². The molecule has 0 amide bonds. The van der Waals surface area contributed by atoms with Crippen molar-refractivity contribution in [1.29, 1.82) is 0 Å². The van der Waals surface area contributed by atoms with E-state index in [1.165, 1.54) is 0 Å². The lowest BCUT2D eigenvalue weighted by molar-refractivity contribution is 0.318. The smallest absolute Gasteiger partial charge is 0.166 e. The summed E-state index contributed by atoms with van der Waals surface area (Å²) in [6.45, 7) is 2.39. The highest BCUT2D eigenvalue weighted by atomic mass is 79.9. The second-order valence-electron chi connectivity index (χ2n) is 3.86. The van der Waals surface area contributed by atoms with Crippen molar-refractivity contribution in [2.75, 3.05) is 6.61 Å². The molecule has 0 aliphatic rings. The van der Waals surface area contributed by atoms with Gasteiger partial charge in [-0.15, -0.1) is 0 Å². The third-order valence-corrected chi connectivity index (χ3v) is 3.04. The van der Waals surface area contributed by atoms with Crippen molar-refractivity contribution < 1.29 is 9.84 Å². The molecule has 0 radical (unpaired) electrons. The van der Waals surface area contributed by atoms with Gasteiger partial charge in [0, 0.05) is 16.3 Å². The van der Waals surface area contributed by atoms with Gasteiger partial charge in [0.2, 0.25) is 0 Å². The molecule has 4 heteroatoms. The number of hydrogen-bond donors (Lipinski definition) is 1. The van der Waals surface area contributed by atoms with Gasteiger partial charge >= 0.3 is 0 Å². The maximum atomic E-state index is 10.0. The molecule has 0 saturated carbocycles. The monoisotopic (exact) mass is 319 g/mol. The molecule has 0 aliphatic heterocycles. The van der Waals surface area contributed by atoms with Crippen LogP contribution in [0.25, 0.3) is 0 Å². The fourth-order valence-corrected chi connectivity index (χ4v) is 1.85.